The van der Waals surface area contributed by atoms with Crippen molar-refractivity contribution in [1.29, 1.82) is 0 Å². The third kappa shape index (κ3) is 3.36. The van der Waals surface area contributed by atoms with E-state index >= 15 is 0 Å². The zero-order valence-corrected chi connectivity index (χ0v) is 17.6. The number of pyridine rings is 1. The van der Waals surface area contributed by atoms with Gasteiger partial charge in [-0.1, -0.05) is 25.1 Å². The predicted octanol–water partition coefficient (Wildman–Crippen LogP) is 2.48. The molecule has 2 aromatic rings. The molecule has 2 unspecified atom stereocenters. The fourth-order valence-corrected chi connectivity index (χ4v) is 4.29. The van der Waals surface area contributed by atoms with E-state index < -0.39 is 41.7 Å². The molecule has 2 atom stereocenters. The average Bonchev–Trinajstić information content (AvgIpc) is 3.10. The second kappa shape index (κ2) is 8.09. The van der Waals surface area contributed by atoms with Crippen LogP contribution in [0.25, 0.3) is 10.9 Å². The molecule has 0 aliphatic carbocycles. The van der Waals surface area contributed by atoms with Crippen LogP contribution in [0.15, 0.2) is 30.3 Å². The maximum atomic E-state index is 13.6. The number of carbonyl (C=O) groups excluding carboxylic acids is 4. The molecule has 2 aliphatic heterocycles. The smallest absolute Gasteiger partial charge is 0.332 e. The Kier molecular flexibility index (Phi) is 5.47. The van der Waals surface area contributed by atoms with Crippen LogP contribution in [0, 0.1) is 5.41 Å². The van der Waals surface area contributed by atoms with Gasteiger partial charge in [0.1, 0.15) is 6.61 Å². The number of esters is 2. The number of ether oxygens (including phenoxy) is 2. The number of hydrogen-bond acceptors (Lipinski definition) is 7. The first-order valence-electron chi connectivity index (χ1n) is 10.5. The van der Waals surface area contributed by atoms with Crippen molar-refractivity contribution in [2.45, 2.75) is 45.7 Å². The molecule has 1 aromatic heterocycles. The molecule has 0 N–H and O–H groups in total. The van der Waals surface area contributed by atoms with Gasteiger partial charge in [-0.15, -0.1) is 0 Å². The van der Waals surface area contributed by atoms with Crippen LogP contribution >= 0.6 is 0 Å². The van der Waals surface area contributed by atoms with E-state index in [1.54, 1.807) is 6.92 Å². The molecule has 8 nitrogen and oxygen atoms in total. The summed E-state index contributed by atoms with van der Waals surface area (Å²) in [6.07, 6.45) is 0.597. The molecule has 1 fully saturated rings. The summed E-state index contributed by atoms with van der Waals surface area (Å²) in [5.74, 6) is -2.84. The fraction of sp³-hybridized carbons (Fsp3) is 0.435. The van der Waals surface area contributed by atoms with Crippen LogP contribution in [0.4, 0.5) is 0 Å². The normalized spacial score (nSPS) is 22.3. The molecular weight excluding hydrogens is 400 g/mol. The molecule has 0 saturated carbocycles. The van der Waals surface area contributed by atoms with E-state index in [0.717, 1.165) is 16.5 Å². The summed E-state index contributed by atoms with van der Waals surface area (Å²) in [6.45, 7) is 2.99. The van der Waals surface area contributed by atoms with E-state index in [1.165, 1.54) is 4.90 Å². The van der Waals surface area contributed by atoms with Crippen LogP contribution in [0.1, 0.15) is 50.4 Å². The number of fused-ring (bicyclic) bond motifs is 4. The third-order valence-corrected chi connectivity index (χ3v) is 5.88. The monoisotopic (exact) mass is 424 g/mol. The molecule has 1 saturated heterocycles. The first kappa shape index (κ1) is 21.0. The first-order valence-corrected chi connectivity index (χ1v) is 10.5. The summed E-state index contributed by atoms with van der Waals surface area (Å²) in [6, 6.07) is 9.00. The number of aromatic nitrogens is 1. The molecule has 8 heteroatoms. The van der Waals surface area contributed by atoms with Crippen molar-refractivity contribution in [1.82, 2.24) is 9.88 Å². The Balaban J connectivity index is 1.70. The highest BCUT2D eigenvalue weighted by Gasteiger charge is 2.62. The van der Waals surface area contributed by atoms with Crippen molar-refractivity contribution in [3.63, 3.8) is 0 Å². The first-order chi connectivity index (χ1) is 14.9. The standard InChI is InChI=1S/C23H24N2O6/c1-3-7-19(27)31-13-23(22(29)30-4-2)18(26)11-17-20-15(12-25(17)21(23)28)10-14-8-5-6-9-16(14)24-20/h5-6,8-10,17H,3-4,7,11-13H2,1-2H3. The van der Waals surface area contributed by atoms with Gasteiger partial charge in [-0.3, -0.25) is 24.2 Å². The number of Topliss-reactive ketones (excluding diaryl/α,β-unsaturated/α-hetero) is 1. The molecular formula is C23H24N2O6. The lowest BCUT2D eigenvalue weighted by Crippen LogP contribution is -2.60. The molecule has 2 aliphatic rings. The van der Waals surface area contributed by atoms with E-state index in [0.29, 0.717) is 12.1 Å². The maximum absolute atomic E-state index is 13.6. The number of ketones is 1. The molecule has 31 heavy (non-hydrogen) atoms. The molecule has 3 heterocycles. The van der Waals surface area contributed by atoms with E-state index in [-0.39, 0.29) is 26.0 Å². The minimum Gasteiger partial charge on any atom is -0.465 e. The summed E-state index contributed by atoms with van der Waals surface area (Å²) >= 11 is 0. The number of para-hydroxylation sites is 1. The third-order valence-electron chi connectivity index (χ3n) is 5.88. The minimum absolute atomic E-state index is 0.000644. The van der Waals surface area contributed by atoms with Crippen LogP contribution in [0.2, 0.25) is 0 Å². The van der Waals surface area contributed by atoms with Crippen LogP contribution < -0.4 is 0 Å². The molecule has 1 aromatic carbocycles. The Morgan fingerprint density at radius 1 is 1.19 bits per heavy atom. The topological polar surface area (TPSA) is 103 Å². The van der Waals surface area contributed by atoms with Gasteiger partial charge in [-0.05, 0) is 31.0 Å². The van der Waals surface area contributed by atoms with Crippen LogP contribution in [-0.2, 0) is 35.2 Å². The number of nitrogens with zero attached hydrogens (tertiary/aromatic N) is 2. The quantitative estimate of drug-likeness (QED) is 0.518. The van der Waals surface area contributed by atoms with Crippen molar-refractivity contribution < 1.29 is 28.7 Å². The molecule has 0 bridgehead atoms. The largest absolute Gasteiger partial charge is 0.465 e. The molecule has 0 radical (unpaired) electrons. The van der Waals surface area contributed by atoms with Crippen molar-refractivity contribution >= 4 is 34.5 Å². The van der Waals surface area contributed by atoms with Crippen LogP contribution in [-0.4, -0.2) is 46.7 Å². The van der Waals surface area contributed by atoms with E-state index in [1.807, 2.05) is 37.3 Å². The summed E-state index contributed by atoms with van der Waals surface area (Å²) < 4.78 is 10.3. The van der Waals surface area contributed by atoms with Crippen molar-refractivity contribution in [2.75, 3.05) is 13.2 Å². The van der Waals surface area contributed by atoms with Gasteiger partial charge in [0, 0.05) is 24.8 Å². The molecule has 0 spiro atoms. The van der Waals surface area contributed by atoms with Gasteiger partial charge in [0.15, 0.2) is 5.78 Å². The zero-order valence-electron chi connectivity index (χ0n) is 17.6. The lowest BCUT2D eigenvalue weighted by molar-refractivity contribution is -0.180. The minimum atomic E-state index is -2.17. The Labute approximate surface area is 179 Å². The van der Waals surface area contributed by atoms with Gasteiger partial charge in [-0.2, -0.15) is 0 Å². The van der Waals surface area contributed by atoms with Gasteiger partial charge in [0.2, 0.25) is 5.41 Å². The van der Waals surface area contributed by atoms with Crippen molar-refractivity contribution in [3.05, 3.63) is 41.6 Å². The number of benzene rings is 1. The van der Waals surface area contributed by atoms with E-state index in [4.69, 9.17) is 9.47 Å². The van der Waals surface area contributed by atoms with Crippen molar-refractivity contribution in [2.24, 2.45) is 5.41 Å². The average molecular weight is 424 g/mol. The molecule has 4 rings (SSSR count). The summed E-state index contributed by atoms with van der Waals surface area (Å²) in [5.41, 5.74) is 0.115. The van der Waals surface area contributed by atoms with Crippen LogP contribution in [0.3, 0.4) is 0 Å². The Morgan fingerprint density at radius 3 is 2.71 bits per heavy atom. The number of hydrogen-bond donors (Lipinski definition) is 0. The predicted molar refractivity (Wildman–Crippen MR) is 110 cm³/mol. The number of carbonyl (C=O) groups is 4. The number of piperidine rings is 1. The highest BCUT2D eigenvalue weighted by molar-refractivity contribution is 6.23. The van der Waals surface area contributed by atoms with Gasteiger partial charge >= 0.3 is 11.9 Å². The lowest BCUT2D eigenvalue weighted by Gasteiger charge is -2.39. The number of amides is 1. The Hall–Kier alpha value is -3.29. The fourth-order valence-electron chi connectivity index (χ4n) is 4.29. The molecule has 1 amide bonds. The van der Waals surface area contributed by atoms with Gasteiger partial charge in [0.05, 0.1) is 23.9 Å². The van der Waals surface area contributed by atoms with Gasteiger partial charge in [0.25, 0.3) is 5.91 Å². The van der Waals surface area contributed by atoms with Crippen LogP contribution in [0.5, 0.6) is 0 Å². The summed E-state index contributed by atoms with van der Waals surface area (Å²) in [4.78, 5) is 57.8. The number of rotatable bonds is 6. The highest BCUT2D eigenvalue weighted by Crippen LogP contribution is 2.45. The Bertz CT molecular complexity index is 1080. The zero-order chi connectivity index (χ0) is 22.2. The van der Waals surface area contributed by atoms with Crippen molar-refractivity contribution in [3.8, 4) is 0 Å². The Morgan fingerprint density at radius 2 is 1.97 bits per heavy atom. The summed E-state index contributed by atoms with van der Waals surface area (Å²) in [5, 5.41) is 0.935. The highest BCUT2D eigenvalue weighted by atomic mass is 16.6. The SMILES string of the molecule is CCCC(=O)OCC1(C(=O)OCC)C(=O)CC2c3nc4ccccc4cc3CN2C1=O. The van der Waals surface area contributed by atoms with Gasteiger partial charge < -0.3 is 14.4 Å². The lowest BCUT2D eigenvalue weighted by atomic mass is 9.76. The van der Waals surface area contributed by atoms with E-state index in [9.17, 15) is 19.2 Å². The second-order valence-corrected chi connectivity index (χ2v) is 7.84. The van der Waals surface area contributed by atoms with Gasteiger partial charge in [-0.25, -0.2) is 0 Å². The second-order valence-electron chi connectivity index (χ2n) is 7.84. The van der Waals surface area contributed by atoms with E-state index in [2.05, 4.69) is 4.98 Å². The maximum Gasteiger partial charge on any atom is 0.332 e. The summed E-state index contributed by atoms with van der Waals surface area (Å²) in [7, 11) is 0. The molecule has 162 valence electrons.